The largest absolute Gasteiger partial charge is 0.372 e. The van der Waals surface area contributed by atoms with Gasteiger partial charge in [0, 0.05) is 19.7 Å². The Morgan fingerprint density at radius 2 is 2.30 bits per heavy atom. The Hall–Kier alpha value is -1.93. The summed E-state index contributed by atoms with van der Waals surface area (Å²) in [5.41, 5.74) is 1.88. The number of anilines is 1. The summed E-state index contributed by atoms with van der Waals surface area (Å²) in [7, 11) is 1.95. The first-order valence-electron chi connectivity index (χ1n) is 7.62. The maximum atomic E-state index is 12.2. The van der Waals surface area contributed by atoms with Crippen LogP contribution < -0.4 is 10.6 Å². The van der Waals surface area contributed by atoms with Crippen LogP contribution in [0.3, 0.4) is 0 Å². The Morgan fingerprint density at radius 3 is 2.96 bits per heavy atom. The molecule has 0 unspecified atom stereocenters. The third kappa shape index (κ3) is 3.70. The molecular weight excluding hydrogens is 314 g/mol. The van der Waals surface area contributed by atoms with Crippen molar-refractivity contribution in [1.82, 2.24) is 19.9 Å². The first-order valence-corrected chi connectivity index (χ1v) is 8.44. The molecule has 7 nitrogen and oxygen atoms in total. The highest BCUT2D eigenvalue weighted by Gasteiger charge is 2.27. The Kier molecular flexibility index (Phi) is 4.63. The molecule has 2 N–H and O–H groups in total. The van der Waals surface area contributed by atoms with Gasteiger partial charge in [0.15, 0.2) is 0 Å². The average molecular weight is 335 g/mol. The van der Waals surface area contributed by atoms with Gasteiger partial charge in [-0.2, -0.15) is 0 Å². The number of carbonyl (C=O) groups is 1. The Bertz CT molecular complexity index is 696. The van der Waals surface area contributed by atoms with E-state index in [0.29, 0.717) is 6.61 Å². The summed E-state index contributed by atoms with van der Waals surface area (Å²) >= 11 is 1.49. The van der Waals surface area contributed by atoms with Crippen molar-refractivity contribution in [3.05, 3.63) is 28.9 Å². The molecule has 1 fully saturated rings. The number of imidazole rings is 1. The zero-order valence-corrected chi connectivity index (χ0v) is 14.3. The van der Waals surface area contributed by atoms with Crippen molar-refractivity contribution in [2.45, 2.75) is 38.8 Å². The predicted octanol–water partition coefficient (Wildman–Crippen LogP) is 2.54. The van der Waals surface area contributed by atoms with Gasteiger partial charge in [0.05, 0.1) is 28.9 Å². The van der Waals surface area contributed by atoms with E-state index < -0.39 is 0 Å². The van der Waals surface area contributed by atoms with Crippen LogP contribution in [-0.4, -0.2) is 33.2 Å². The van der Waals surface area contributed by atoms with Crippen LogP contribution in [0.5, 0.6) is 0 Å². The first kappa shape index (κ1) is 15.9. The molecule has 1 aliphatic rings. The van der Waals surface area contributed by atoms with Crippen LogP contribution in [0.4, 0.5) is 9.80 Å². The molecule has 3 rings (SSSR count). The maximum absolute atomic E-state index is 12.2. The van der Waals surface area contributed by atoms with Gasteiger partial charge in [-0.25, -0.2) is 14.8 Å². The number of hydrogen-bond donors (Lipinski definition) is 2. The number of hydrogen-bond acceptors (Lipinski definition) is 5. The van der Waals surface area contributed by atoms with Gasteiger partial charge in [-0.15, -0.1) is 11.3 Å². The van der Waals surface area contributed by atoms with Crippen molar-refractivity contribution in [2.75, 3.05) is 11.9 Å². The van der Waals surface area contributed by atoms with Crippen LogP contribution in [0.25, 0.3) is 0 Å². The van der Waals surface area contributed by atoms with E-state index in [4.69, 9.17) is 4.74 Å². The molecule has 2 atom stereocenters. The zero-order valence-electron chi connectivity index (χ0n) is 13.5. The Balaban J connectivity index is 1.58. The molecule has 0 aliphatic carbocycles. The minimum atomic E-state index is -0.188. The summed E-state index contributed by atoms with van der Waals surface area (Å²) < 4.78 is 7.77. The smallest absolute Gasteiger partial charge is 0.320 e. The Morgan fingerprint density at radius 1 is 1.48 bits per heavy atom. The van der Waals surface area contributed by atoms with E-state index in [9.17, 15) is 4.79 Å². The molecule has 0 radical (unpaired) electrons. The van der Waals surface area contributed by atoms with E-state index in [0.717, 1.165) is 34.2 Å². The van der Waals surface area contributed by atoms with Gasteiger partial charge in [-0.05, 0) is 26.7 Å². The number of nitrogens with zero attached hydrogens (tertiary/aromatic N) is 3. The molecule has 2 aromatic rings. The van der Waals surface area contributed by atoms with E-state index in [1.165, 1.54) is 11.3 Å². The fourth-order valence-corrected chi connectivity index (χ4v) is 3.60. The lowest BCUT2D eigenvalue weighted by molar-refractivity contribution is -0.00151. The summed E-state index contributed by atoms with van der Waals surface area (Å²) in [5.74, 6) is 0. The van der Waals surface area contributed by atoms with E-state index >= 15 is 0 Å². The van der Waals surface area contributed by atoms with Crippen LogP contribution in [-0.2, 0) is 11.8 Å². The second kappa shape index (κ2) is 6.67. The predicted molar refractivity (Wildman–Crippen MR) is 88.7 cm³/mol. The van der Waals surface area contributed by atoms with Crippen molar-refractivity contribution in [1.29, 1.82) is 0 Å². The SMILES string of the molecule is Cc1nc(C)c(NC(=O)N[C@@H]2CCO[C@@H](c3cncn3C)C2)s1. The van der Waals surface area contributed by atoms with Crippen molar-refractivity contribution in [3.8, 4) is 0 Å². The minimum Gasteiger partial charge on any atom is -0.372 e. The van der Waals surface area contributed by atoms with Crippen LogP contribution in [0, 0.1) is 13.8 Å². The van der Waals surface area contributed by atoms with Crippen LogP contribution in [0.2, 0.25) is 0 Å². The molecule has 1 aliphatic heterocycles. The molecule has 23 heavy (non-hydrogen) atoms. The summed E-state index contributed by atoms with van der Waals surface area (Å²) in [6.07, 6.45) is 5.10. The second-order valence-electron chi connectivity index (χ2n) is 5.76. The third-order valence-electron chi connectivity index (χ3n) is 3.93. The summed E-state index contributed by atoms with van der Waals surface area (Å²) in [4.78, 5) is 20.6. The quantitative estimate of drug-likeness (QED) is 0.903. The average Bonchev–Trinajstić information content (AvgIpc) is 3.05. The third-order valence-corrected chi connectivity index (χ3v) is 4.92. The van der Waals surface area contributed by atoms with Crippen molar-refractivity contribution < 1.29 is 9.53 Å². The number of urea groups is 1. The molecular formula is C15H21N5O2S. The van der Waals surface area contributed by atoms with Gasteiger partial charge in [-0.3, -0.25) is 5.32 Å². The van der Waals surface area contributed by atoms with Gasteiger partial charge in [-0.1, -0.05) is 0 Å². The topological polar surface area (TPSA) is 81.1 Å². The monoisotopic (exact) mass is 335 g/mol. The molecule has 2 amide bonds. The van der Waals surface area contributed by atoms with Gasteiger partial charge < -0.3 is 14.6 Å². The highest BCUT2D eigenvalue weighted by molar-refractivity contribution is 7.16. The number of nitrogens with one attached hydrogen (secondary N) is 2. The molecule has 124 valence electrons. The highest BCUT2D eigenvalue weighted by Crippen LogP contribution is 2.28. The van der Waals surface area contributed by atoms with Gasteiger partial charge in [0.1, 0.15) is 11.1 Å². The molecule has 0 saturated carbocycles. The summed E-state index contributed by atoms with van der Waals surface area (Å²) in [6, 6.07) is -0.106. The second-order valence-corrected chi connectivity index (χ2v) is 6.96. The number of aryl methyl sites for hydroxylation is 3. The van der Waals surface area contributed by atoms with E-state index in [-0.39, 0.29) is 18.2 Å². The fourth-order valence-electron chi connectivity index (χ4n) is 2.78. The lowest BCUT2D eigenvalue weighted by Gasteiger charge is -2.30. The molecule has 2 aromatic heterocycles. The molecule has 3 heterocycles. The first-order chi connectivity index (χ1) is 11.0. The number of aromatic nitrogens is 3. The molecule has 8 heteroatoms. The molecule has 0 aromatic carbocycles. The highest BCUT2D eigenvalue weighted by atomic mass is 32.1. The van der Waals surface area contributed by atoms with Crippen LogP contribution in [0.15, 0.2) is 12.5 Å². The fraction of sp³-hybridized carbons (Fsp3) is 0.533. The number of carbonyl (C=O) groups excluding carboxylic acids is 1. The van der Waals surface area contributed by atoms with Crippen molar-refractivity contribution in [2.24, 2.45) is 7.05 Å². The summed E-state index contributed by atoms with van der Waals surface area (Å²) in [5, 5.41) is 7.67. The van der Waals surface area contributed by atoms with E-state index in [1.807, 2.05) is 31.7 Å². The maximum Gasteiger partial charge on any atom is 0.320 e. The number of amides is 2. The van der Waals surface area contributed by atoms with E-state index in [2.05, 4.69) is 20.6 Å². The van der Waals surface area contributed by atoms with Crippen molar-refractivity contribution >= 4 is 22.4 Å². The molecule has 0 spiro atoms. The molecule has 0 bridgehead atoms. The van der Waals surface area contributed by atoms with Crippen molar-refractivity contribution in [3.63, 3.8) is 0 Å². The van der Waals surface area contributed by atoms with Crippen LogP contribution in [0.1, 0.15) is 35.3 Å². The Labute approximate surface area is 139 Å². The summed E-state index contributed by atoms with van der Waals surface area (Å²) in [6.45, 7) is 4.45. The normalized spacial score (nSPS) is 21.2. The van der Waals surface area contributed by atoms with E-state index in [1.54, 1.807) is 6.33 Å². The zero-order chi connectivity index (χ0) is 16.4. The van der Waals surface area contributed by atoms with Crippen LogP contribution >= 0.6 is 11.3 Å². The standard InChI is InChI=1S/C15H21N5O2S/c1-9-14(23-10(2)17-9)19-15(21)18-11-4-5-22-13(6-11)12-7-16-8-20(12)3/h7-8,11,13H,4-6H2,1-3H3,(H2,18,19,21)/t11-,13-/m1/s1. The lowest BCUT2D eigenvalue weighted by atomic mass is 10.0. The number of thiazole rings is 1. The lowest BCUT2D eigenvalue weighted by Crippen LogP contribution is -2.42. The van der Waals surface area contributed by atoms with Gasteiger partial charge in [0.2, 0.25) is 0 Å². The van der Waals surface area contributed by atoms with Gasteiger partial charge >= 0.3 is 6.03 Å². The molecule has 1 saturated heterocycles. The van der Waals surface area contributed by atoms with Gasteiger partial charge in [0.25, 0.3) is 0 Å². The minimum absolute atomic E-state index is 0.0334. The number of rotatable bonds is 3. The number of ether oxygens (including phenoxy) is 1.